The largest absolute Gasteiger partial charge is 0.357 e. The second-order valence-corrected chi connectivity index (χ2v) is 5.08. The van der Waals surface area contributed by atoms with E-state index >= 15 is 0 Å². The van der Waals surface area contributed by atoms with Crippen LogP contribution in [0.25, 0.3) is 0 Å². The van der Waals surface area contributed by atoms with E-state index in [1.807, 2.05) is 13.1 Å². The van der Waals surface area contributed by atoms with Crippen LogP contribution in [-0.4, -0.2) is 23.1 Å². The van der Waals surface area contributed by atoms with Crippen LogP contribution in [0.15, 0.2) is 10.7 Å². The lowest BCUT2D eigenvalue weighted by Crippen LogP contribution is -2.27. The van der Waals surface area contributed by atoms with Gasteiger partial charge in [0.2, 0.25) is 0 Å². The fraction of sp³-hybridized carbons (Fsp3) is 0.636. The van der Waals surface area contributed by atoms with Crippen molar-refractivity contribution in [2.75, 3.05) is 11.9 Å². The van der Waals surface area contributed by atoms with Crippen molar-refractivity contribution >= 4 is 21.7 Å². The zero-order valence-corrected chi connectivity index (χ0v) is 11.5. The molecule has 3 nitrogen and oxygen atoms in total. The Kier molecular flexibility index (Phi) is 4.08. The van der Waals surface area contributed by atoms with Crippen LogP contribution in [-0.2, 0) is 0 Å². The van der Waals surface area contributed by atoms with Gasteiger partial charge in [-0.15, -0.1) is 0 Å². The first-order valence-electron chi connectivity index (χ1n) is 5.19. The Balaban J connectivity index is 3.09. The summed E-state index contributed by atoms with van der Waals surface area (Å²) >= 11 is 3.42. The number of nitrogens with zero attached hydrogens (tertiary/aromatic N) is 3. The summed E-state index contributed by atoms with van der Waals surface area (Å²) in [5.41, 5.74) is 0. The maximum absolute atomic E-state index is 4.54. The van der Waals surface area contributed by atoms with Crippen LogP contribution in [0.4, 0.5) is 5.82 Å². The van der Waals surface area contributed by atoms with Crippen molar-refractivity contribution < 1.29 is 0 Å². The van der Waals surface area contributed by atoms with E-state index in [4.69, 9.17) is 0 Å². The Bertz CT molecular complexity index is 337. The molecule has 0 N–H and O–H groups in total. The van der Waals surface area contributed by atoms with E-state index in [1.54, 1.807) is 0 Å². The van der Waals surface area contributed by atoms with Crippen molar-refractivity contribution in [3.8, 4) is 0 Å². The average molecular weight is 272 g/mol. The predicted octanol–water partition coefficient (Wildman–Crippen LogP) is 3.21. The Labute approximate surface area is 100 Å². The van der Waals surface area contributed by atoms with E-state index in [0.717, 1.165) is 16.2 Å². The molecule has 0 atom stereocenters. The molecule has 0 fully saturated rings. The topological polar surface area (TPSA) is 29.0 Å². The third kappa shape index (κ3) is 3.16. The molecule has 84 valence electrons. The fourth-order valence-electron chi connectivity index (χ4n) is 1.13. The molecule has 1 aromatic heterocycles. The first kappa shape index (κ1) is 12.4. The number of hydrogen-bond donors (Lipinski definition) is 0. The quantitative estimate of drug-likeness (QED) is 0.791. The van der Waals surface area contributed by atoms with E-state index in [2.05, 4.69) is 58.5 Å². The lowest BCUT2D eigenvalue weighted by atomic mass is 10.2. The number of aromatic nitrogens is 2. The molecule has 0 spiro atoms. The molecular formula is C11H18BrN3. The summed E-state index contributed by atoms with van der Waals surface area (Å²) in [6, 6.07) is 2.39. The van der Waals surface area contributed by atoms with Crippen LogP contribution in [0.1, 0.15) is 39.4 Å². The number of anilines is 1. The van der Waals surface area contributed by atoms with Gasteiger partial charge in [0, 0.05) is 25.1 Å². The Hall–Kier alpha value is -0.640. The van der Waals surface area contributed by atoms with Crippen molar-refractivity contribution in [1.29, 1.82) is 0 Å². The van der Waals surface area contributed by atoms with Gasteiger partial charge >= 0.3 is 0 Å². The lowest BCUT2D eigenvalue weighted by molar-refractivity contribution is 0.716. The molecule has 1 rings (SSSR count). The van der Waals surface area contributed by atoms with Crippen molar-refractivity contribution in [3.63, 3.8) is 0 Å². The van der Waals surface area contributed by atoms with Gasteiger partial charge in [-0.3, -0.25) is 0 Å². The third-order valence-electron chi connectivity index (χ3n) is 2.35. The van der Waals surface area contributed by atoms with Gasteiger partial charge < -0.3 is 4.90 Å². The SMILES string of the molecule is CC(C)c1nc(Br)cc(N(C)C(C)C)n1. The molecule has 0 aliphatic carbocycles. The van der Waals surface area contributed by atoms with E-state index in [9.17, 15) is 0 Å². The molecule has 15 heavy (non-hydrogen) atoms. The minimum absolute atomic E-state index is 0.349. The minimum atomic E-state index is 0.349. The summed E-state index contributed by atoms with van der Waals surface area (Å²) in [6.07, 6.45) is 0. The molecule has 1 aromatic rings. The predicted molar refractivity (Wildman–Crippen MR) is 67.4 cm³/mol. The second kappa shape index (κ2) is 4.92. The Morgan fingerprint density at radius 3 is 2.27 bits per heavy atom. The van der Waals surface area contributed by atoms with Gasteiger partial charge in [-0.05, 0) is 29.8 Å². The summed E-state index contributed by atoms with van der Waals surface area (Å²) in [7, 11) is 2.05. The molecule has 1 heterocycles. The third-order valence-corrected chi connectivity index (χ3v) is 2.76. The molecule has 0 aliphatic rings. The number of rotatable bonds is 3. The van der Waals surface area contributed by atoms with Gasteiger partial charge in [0.05, 0.1) is 0 Å². The van der Waals surface area contributed by atoms with Crippen molar-refractivity contribution in [1.82, 2.24) is 9.97 Å². The standard InChI is InChI=1S/C11H18BrN3/c1-7(2)11-13-9(12)6-10(14-11)15(5)8(3)4/h6-8H,1-5H3. The molecule has 0 unspecified atom stereocenters. The molecular weight excluding hydrogens is 254 g/mol. The summed E-state index contributed by atoms with van der Waals surface area (Å²) in [6.45, 7) is 8.48. The molecule has 0 radical (unpaired) electrons. The van der Waals surface area contributed by atoms with Crippen molar-refractivity contribution in [2.45, 2.75) is 39.7 Å². The highest BCUT2D eigenvalue weighted by Crippen LogP contribution is 2.20. The van der Waals surface area contributed by atoms with Crippen LogP contribution in [0.2, 0.25) is 0 Å². The highest BCUT2D eigenvalue weighted by molar-refractivity contribution is 9.10. The van der Waals surface area contributed by atoms with Crippen LogP contribution >= 0.6 is 15.9 Å². The summed E-state index contributed by atoms with van der Waals surface area (Å²) in [5.74, 6) is 2.20. The Morgan fingerprint density at radius 1 is 1.20 bits per heavy atom. The molecule has 0 aliphatic heterocycles. The normalized spacial score (nSPS) is 11.2. The zero-order valence-electron chi connectivity index (χ0n) is 9.95. The van der Waals surface area contributed by atoms with E-state index < -0.39 is 0 Å². The molecule has 0 aromatic carbocycles. The first-order valence-corrected chi connectivity index (χ1v) is 5.98. The van der Waals surface area contributed by atoms with E-state index in [1.165, 1.54) is 0 Å². The maximum atomic E-state index is 4.54. The molecule has 4 heteroatoms. The average Bonchev–Trinajstić information content (AvgIpc) is 2.15. The lowest BCUT2D eigenvalue weighted by Gasteiger charge is -2.23. The highest BCUT2D eigenvalue weighted by atomic mass is 79.9. The van der Waals surface area contributed by atoms with Gasteiger partial charge in [-0.25, -0.2) is 9.97 Å². The van der Waals surface area contributed by atoms with Gasteiger partial charge in [0.25, 0.3) is 0 Å². The maximum Gasteiger partial charge on any atom is 0.134 e. The molecule has 0 saturated heterocycles. The van der Waals surface area contributed by atoms with Gasteiger partial charge in [-0.2, -0.15) is 0 Å². The molecule has 0 bridgehead atoms. The second-order valence-electron chi connectivity index (χ2n) is 4.27. The smallest absolute Gasteiger partial charge is 0.134 e. The van der Waals surface area contributed by atoms with Gasteiger partial charge in [0.15, 0.2) is 0 Å². The minimum Gasteiger partial charge on any atom is -0.357 e. The van der Waals surface area contributed by atoms with E-state index in [-0.39, 0.29) is 0 Å². The van der Waals surface area contributed by atoms with Crippen LogP contribution in [0.5, 0.6) is 0 Å². The van der Waals surface area contributed by atoms with Gasteiger partial charge in [0.1, 0.15) is 16.2 Å². The fourth-order valence-corrected chi connectivity index (χ4v) is 1.51. The molecule has 0 saturated carbocycles. The molecule has 0 amide bonds. The highest BCUT2D eigenvalue weighted by Gasteiger charge is 2.11. The van der Waals surface area contributed by atoms with Crippen molar-refractivity contribution in [2.24, 2.45) is 0 Å². The monoisotopic (exact) mass is 271 g/mol. The summed E-state index contributed by atoms with van der Waals surface area (Å²) in [5, 5.41) is 0. The number of halogens is 1. The van der Waals surface area contributed by atoms with Gasteiger partial charge in [-0.1, -0.05) is 13.8 Å². The van der Waals surface area contributed by atoms with Crippen LogP contribution in [0.3, 0.4) is 0 Å². The number of hydrogen-bond acceptors (Lipinski definition) is 3. The van der Waals surface area contributed by atoms with Crippen molar-refractivity contribution in [3.05, 3.63) is 16.5 Å². The Morgan fingerprint density at radius 2 is 1.80 bits per heavy atom. The first-order chi connectivity index (χ1) is 6.91. The zero-order chi connectivity index (χ0) is 11.6. The van der Waals surface area contributed by atoms with E-state index in [0.29, 0.717) is 12.0 Å². The van der Waals surface area contributed by atoms with Crippen LogP contribution < -0.4 is 4.90 Å². The summed E-state index contributed by atoms with van der Waals surface area (Å²) in [4.78, 5) is 11.0. The summed E-state index contributed by atoms with van der Waals surface area (Å²) < 4.78 is 0.851. The van der Waals surface area contributed by atoms with Crippen LogP contribution in [0, 0.1) is 0 Å².